The van der Waals surface area contributed by atoms with Gasteiger partial charge in [-0.2, -0.15) is 0 Å². The monoisotopic (exact) mass is 623 g/mol. The molecule has 0 spiro atoms. The summed E-state index contributed by atoms with van der Waals surface area (Å²) in [5.74, 6) is -4.19. The van der Waals surface area contributed by atoms with Crippen LogP contribution in [0.1, 0.15) is 43.2 Å². The second-order valence-corrected chi connectivity index (χ2v) is 10.9. The first-order valence-electron chi connectivity index (χ1n) is 14.7. The molecule has 1 heterocycles. The lowest BCUT2D eigenvalue weighted by Gasteiger charge is -2.25. The standard InChI is InChI=1S/C31H41N7O7/c32-14-4-3-7-25(31(44)45)37-29(42)24(12-13-27(34)40)36-30(43)26(15-18-8-10-20(39)11-9-18)38-28(41)22(33)16-19-17-35-23-6-2-1-5-21(19)23/h1-2,5-6,8-11,17,22,24-26,35,39H,3-4,7,12-16,32-33H2,(H2,34,40)(H,36,43)(H,37,42)(H,38,41)(H,44,45). The van der Waals surface area contributed by atoms with Gasteiger partial charge in [0.1, 0.15) is 23.9 Å². The van der Waals surface area contributed by atoms with E-state index in [1.54, 1.807) is 18.3 Å². The highest BCUT2D eigenvalue weighted by Gasteiger charge is 2.31. The lowest BCUT2D eigenvalue weighted by molar-refractivity contribution is -0.142. The Morgan fingerprint density at radius 2 is 1.44 bits per heavy atom. The molecule has 4 amide bonds. The van der Waals surface area contributed by atoms with Gasteiger partial charge in [0.25, 0.3) is 0 Å². The number of carbonyl (C=O) groups is 5. The van der Waals surface area contributed by atoms with E-state index in [2.05, 4.69) is 20.9 Å². The number of aromatic amines is 1. The molecule has 0 aliphatic carbocycles. The Morgan fingerprint density at radius 3 is 2.11 bits per heavy atom. The van der Waals surface area contributed by atoms with Crippen molar-refractivity contribution in [1.29, 1.82) is 0 Å². The maximum Gasteiger partial charge on any atom is 0.326 e. The van der Waals surface area contributed by atoms with Crippen molar-refractivity contribution in [2.45, 2.75) is 69.1 Å². The lowest BCUT2D eigenvalue weighted by atomic mass is 10.0. The van der Waals surface area contributed by atoms with E-state index < -0.39 is 53.8 Å². The van der Waals surface area contributed by atoms with Crippen LogP contribution in [-0.2, 0) is 36.8 Å². The number of hydrogen-bond acceptors (Lipinski definition) is 8. The van der Waals surface area contributed by atoms with Crippen molar-refractivity contribution in [2.75, 3.05) is 6.54 Å². The summed E-state index contributed by atoms with van der Waals surface area (Å²) in [5, 5.41) is 27.8. The van der Waals surface area contributed by atoms with Gasteiger partial charge in [0.15, 0.2) is 0 Å². The Hall–Kier alpha value is -4.95. The number of aromatic nitrogens is 1. The highest BCUT2D eigenvalue weighted by atomic mass is 16.4. The van der Waals surface area contributed by atoms with Crippen LogP contribution in [0.5, 0.6) is 5.75 Å². The molecular formula is C31H41N7O7. The number of phenols is 1. The summed E-state index contributed by atoms with van der Waals surface area (Å²) in [6.07, 6.45) is 2.56. The summed E-state index contributed by atoms with van der Waals surface area (Å²) in [7, 11) is 0. The minimum atomic E-state index is -1.33. The molecule has 4 unspecified atom stereocenters. The van der Waals surface area contributed by atoms with E-state index in [1.807, 2.05) is 24.3 Å². The number of aromatic hydroxyl groups is 1. The van der Waals surface area contributed by atoms with Crippen molar-refractivity contribution in [3.8, 4) is 5.75 Å². The van der Waals surface area contributed by atoms with E-state index in [-0.39, 0.29) is 37.9 Å². The summed E-state index contributed by atoms with van der Waals surface area (Å²) in [6, 6.07) is 8.71. The number of aliphatic carboxylic acids is 1. The second kappa shape index (κ2) is 16.8. The van der Waals surface area contributed by atoms with Crippen molar-refractivity contribution in [3.63, 3.8) is 0 Å². The zero-order chi connectivity index (χ0) is 32.9. The lowest BCUT2D eigenvalue weighted by Crippen LogP contribution is -2.57. The molecule has 45 heavy (non-hydrogen) atoms. The molecule has 0 fully saturated rings. The molecule has 0 aliphatic rings. The molecule has 0 radical (unpaired) electrons. The number of carboxylic acid groups (broad SMARTS) is 1. The summed E-state index contributed by atoms with van der Waals surface area (Å²) < 4.78 is 0. The average molecular weight is 624 g/mol. The molecule has 3 rings (SSSR count). The van der Waals surface area contributed by atoms with Gasteiger partial charge < -0.3 is 48.3 Å². The van der Waals surface area contributed by atoms with Gasteiger partial charge in [-0.3, -0.25) is 19.2 Å². The predicted octanol–water partition coefficient (Wildman–Crippen LogP) is -0.0805. The van der Waals surface area contributed by atoms with Crippen LogP contribution in [-0.4, -0.2) is 75.5 Å². The van der Waals surface area contributed by atoms with E-state index in [4.69, 9.17) is 17.2 Å². The number of hydrogen-bond donors (Lipinski definition) is 9. The molecule has 12 N–H and O–H groups in total. The topological polar surface area (TPSA) is 256 Å². The van der Waals surface area contributed by atoms with Gasteiger partial charge >= 0.3 is 5.97 Å². The number of para-hydroxylation sites is 1. The third kappa shape index (κ3) is 10.6. The Balaban J connectivity index is 1.78. The van der Waals surface area contributed by atoms with Crippen molar-refractivity contribution >= 4 is 40.5 Å². The number of phenolic OH excluding ortho intramolecular Hbond substituents is 1. The molecule has 242 valence electrons. The first-order valence-corrected chi connectivity index (χ1v) is 14.7. The molecule has 2 aromatic carbocycles. The van der Waals surface area contributed by atoms with E-state index in [0.29, 0.717) is 24.9 Å². The van der Waals surface area contributed by atoms with Gasteiger partial charge in [0.05, 0.1) is 6.04 Å². The Bertz CT molecular complexity index is 1470. The van der Waals surface area contributed by atoms with E-state index in [9.17, 15) is 34.2 Å². The van der Waals surface area contributed by atoms with Gasteiger partial charge in [-0.25, -0.2) is 4.79 Å². The van der Waals surface area contributed by atoms with E-state index in [0.717, 1.165) is 16.5 Å². The highest BCUT2D eigenvalue weighted by Crippen LogP contribution is 2.19. The van der Waals surface area contributed by atoms with E-state index >= 15 is 0 Å². The first kappa shape index (κ1) is 34.5. The fraction of sp³-hybridized carbons (Fsp3) is 0.387. The quantitative estimate of drug-likeness (QED) is 0.0857. The fourth-order valence-electron chi connectivity index (χ4n) is 4.84. The van der Waals surface area contributed by atoms with Crippen molar-refractivity contribution in [1.82, 2.24) is 20.9 Å². The third-order valence-corrected chi connectivity index (χ3v) is 7.33. The number of fused-ring (bicyclic) bond motifs is 1. The number of amides is 4. The van der Waals surface area contributed by atoms with Gasteiger partial charge in [0, 0.05) is 29.9 Å². The zero-order valence-corrected chi connectivity index (χ0v) is 24.8. The molecule has 0 saturated heterocycles. The van der Waals surface area contributed by atoms with Crippen LogP contribution < -0.4 is 33.2 Å². The molecule has 0 aliphatic heterocycles. The van der Waals surface area contributed by atoms with Crippen LogP contribution in [0.2, 0.25) is 0 Å². The SMILES string of the molecule is NCCCCC(NC(=O)C(CCC(N)=O)NC(=O)C(Cc1ccc(O)cc1)NC(=O)C(N)Cc1c[nH]c2ccccc12)C(=O)O. The summed E-state index contributed by atoms with van der Waals surface area (Å²) in [5.41, 5.74) is 19.3. The van der Waals surface area contributed by atoms with Crippen LogP contribution >= 0.6 is 0 Å². The van der Waals surface area contributed by atoms with E-state index in [1.165, 1.54) is 12.1 Å². The number of H-pyrrole nitrogens is 1. The average Bonchev–Trinajstić information content (AvgIpc) is 3.41. The van der Waals surface area contributed by atoms with Gasteiger partial charge in [-0.15, -0.1) is 0 Å². The molecule has 14 nitrogen and oxygen atoms in total. The van der Waals surface area contributed by atoms with Gasteiger partial charge in [0.2, 0.25) is 23.6 Å². The number of unbranched alkanes of at least 4 members (excludes halogenated alkanes) is 1. The van der Waals surface area contributed by atoms with Crippen molar-refractivity contribution in [3.05, 3.63) is 65.9 Å². The summed E-state index contributed by atoms with van der Waals surface area (Å²) in [4.78, 5) is 66.5. The zero-order valence-electron chi connectivity index (χ0n) is 24.8. The van der Waals surface area contributed by atoms with Crippen molar-refractivity contribution < 1.29 is 34.2 Å². The molecule has 0 bridgehead atoms. The molecule has 0 saturated carbocycles. The second-order valence-electron chi connectivity index (χ2n) is 10.9. The van der Waals surface area contributed by atoms with Crippen LogP contribution in [0, 0.1) is 0 Å². The van der Waals surface area contributed by atoms with Crippen LogP contribution in [0.15, 0.2) is 54.7 Å². The first-order chi connectivity index (χ1) is 21.5. The van der Waals surface area contributed by atoms with Crippen LogP contribution in [0.4, 0.5) is 0 Å². The Morgan fingerprint density at radius 1 is 0.800 bits per heavy atom. The third-order valence-electron chi connectivity index (χ3n) is 7.33. The van der Waals surface area contributed by atoms with Crippen molar-refractivity contribution in [2.24, 2.45) is 17.2 Å². The van der Waals surface area contributed by atoms with Gasteiger partial charge in [-0.1, -0.05) is 30.3 Å². The number of carbonyl (C=O) groups excluding carboxylic acids is 4. The Kier molecular flexibility index (Phi) is 12.9. The normalized spacial score (nSPS) is 13.7. The highest BCUT2D eigenvalue weighted by molar-refractivity contribution is 5.95. The van der Waals surface area contributed by atoms with Crippen LogP contribution in [0.25, 0.3) is 10.9 Å². The number of nitrogens with two attached hydrogens (primary N) is 3. The number of carboxylic acids is 1. The molecular weight excluding hydrogens is 582 g/mol. The molecule has 1 aromatic heterocycles. The number of benzene rings is 2. The molecule has 3 aromatic rings. The molecule has 4 atom stereocenters. The Labute approximate surface area is 260 Å². The van der Waals surface area contributed by atoms with Crippen LogP contribution in [0.3, 0.4) is 0 Å². The number of primary amides is 1. The summed E-state index contributed by atoms with van der Waals surface area (Å²) >= 11 is 0. The minimum Gasteiger partial charge on any atom is -0.508 e. The smallest absolute Gasteiger partial charge is 0.326 e. The van der Waals surface area contributed by atoms with Gasteiger partial charge in [-0.05, 0) is 68.0 Å². The maximum atomic E-state index is 13.6. The predicted molar refractivity (Wildman–Crippen MR) is 167 cm³/mol. The fourth-order valence-corrected chi connectivity index (χ4v) is 4.84. The minimum absolute atomic E-state index is 0.00664. The largest absolute Gasteiger partial charge is 0.508 e. The summed E-state index contributed by atoms with van der Waals surface area (Å²) in [6.45, 7) is 0.358. The number of rotatable bonds is 18. The molecule has 14 heteroatoms. The maximum absolute atomic E-state index is 13.6. The number of nitrogens with one attached hydrogen (secondary N) is 4.